The van der Waals surface area contributed by atoms with Gasteiger partial charge in [-0.05, 0) is 54.2 Å². The molecule has 1 heterocycles. The minimum atomic E-state index is -3.29. The lowest BCUT2D eigenvalue weighted by atomic mass is 9.85. The van der Waals surface area contributed by atoms with E-state index in [0.29, 0.717) is 18.0 Å². The maximum atomic E-state index is 12.2. The first-order valence-electron chi connectivity index (χ1n) is 7.43. The fourth-order valence-electron chi connectivity index (χ4n) is 2.81. The molecular weight excluding hydrogens is 284 g/mol. The fraction of sp³-hybridized carbons (Fsp3) is 0.500. The van der Waals surface area contributed by atoms with Crippen LogP contribution in [0.1, 0.15) is 33.1 Å². The molecule has 4 nitrogen and oxygen atoms in total. The van der Waals surface area contributed by atoms with Crippen LogP contribution in [0, 0.1) is 11.3 Å². The van der Waals surface area contributed by atoms with Crippen LogP contribution in [0.4, 0.5) is 5.69 Å². The van der Waals surface area contributed by atoms with Crippen LogP contribution < -0.4 is 4.72 Å². The fourth-order valence-corrected chi connectivity index (χ4v) is 4.19. The predicted octanol–water partition coefficient (Wildman–Crippen LogP) is 3.74. The monoisotopic (exact) mass is 306 g/mol. The Bertz CT molecular complexity index is 742. The molecule has 114 valence electrons. The maximum absolute atomic E-state index is 12.2. The van der Waals surface area contributed by atoms with Crippen molar-refractivity contribution in [2.75, 3.05) is 10.5 Å². The molecule has 1 aromatic heterocycles. The summed E-state index contributed by atoms with van der Waals surface area (Å²) < 4.78 is 27.2. The van der Waals surface area contributed by atoms with Crippen molar-refractivity contribution >= 4 is 26.6 Å². The van der Waals surface area contributed by atoms with Gasteiger partial charge in [0.2, 0.25) is 10.0 Å². The highest BCUT2D eigenvalue weighted by atomic mass is 32.2. The summed E-state index contributed by atoms with van der Waals surface area (Å²) >= 11 is 0. The Balaban J connectivity index is 1.67. The van der Waals surface area contributed by atoms with Crippen LogP contribution in [0.5, 0.6) is 0 Å². The number of sulfonamides is 1. The third-order valence-electron chi connectivity index (χ3n) is 4.53. The van der Waals surface area contributed by atoms with Gasteiger partial charge in [0.1, 0.15) is 0 Å². The zero-order valence-electron chi connectivity index (χ0n) is 12.5. The van der Waals surface area contributed by atoms with Crippen molar-refractivity contribution in [1.82, 2.24) is 4.98 Å². The molecule has 1 aromatic carbocycles. The van der Waals surface area contributed by atoms with E-state index in [0.717, 1.165) is 10.9 Å². The normalized spacial score (nSPS) is 16.3. The number of anilines is 1. The van der Waals surface area contributed by atoms with E-state index in [1.807, 2.05) is 24.4 Å². The van der Waals surface area contributed by atoms with Crippen molar-refractivity contribution in [1.29, 1.82) is 0 Å². The molecule has 0 radical (unpaired) electrons. The topological polar surface area (TPSA) is 62.0 Å². The van der Waals surface area contributed by atoms with Crippen LogP contribution in [0.3, 0.4) is 0 Å². The zero-order chi connectivity index (χ0) is 15.1. The summed E-state index contributed by atoms with van der Waals surface area (Å²) in [7, 11) is -3.29. The van der Waals surface area contributed by atoms with E-state index in [1.165, 1.54) is 12.8 Å². The van der Waals surface area contributed by atoms with Crippen molar-refractivity contribution in [2.24, 2.45) is 11.3 Å². The van der Waals surface area contributed by atoms with Gasteiger partial charge in [0.15, 0.2) is 0 Å². The average molecular weight is 306 g/mol. The number of benzene rings is 1. The second-order valence-electron chi connectivity index (χ2n) is 6.71. The number of hydrogen-bond acceptors (Lipinski definition) is 2. The van der Waals surface area contributed by atoms with E-state index in [4.69, 9.17) is 0 Å². The Morgan fingerprint density at radius 2 is 2.05 bits per heavy atom. The van der Waals surface area contributed by atoms with Crippen molar-refractivity contribution in [3.63, 3.8) is 0 Å². The van der Waals surface area contributed by atoms with Crippen molar-refractivity contribution in [2.45, 2.75) is 33.1 Å². The number of aromatic nitrogens is 1. The lowest BCUT2D eigenvalue weighted by Gasteiger charge is -2.24. The van der Waals surface area contributed by atoms with Crippen molar-refractivity contribution in [3.05, 3.63) is 30.5 Å². The lowest BCUT2D eigenvalue weighted by Crippen LogP contribution is -2.23. The summed E-state index contributed by atoms with van der Waals surface area (Å²) in [4.78, 5) is 3.09. The number of H-pyrrole nitrogens is 1. The van der Waals surface area contributed by atoms with Gasteiger partial charge < -0.3 is 4.98 Å². The van der Waals surface area contributed by atoms with Gasteiger partial charge >= 0.3 is 0 Å². The van der Waals surface area contributed by atoms with Gasteiger partial charge in [0.05, 0.1) is 11.4 Å². The van der Waals surface area contributed by atoms with Gasteiger partial charge in [-0.2, -0.15) is 0 Å². The zero-order valence-corrected chi connectivity index (χ0v) is 13.3. The third-order valence-corrected chi connectivity index (χ3v) is 5.81. The SMILES string of the molecule is CC(C)(CCS(=O)(=O)Nc1ccc2cc[nH]c2c1)C1CC1. The molecular formula is C16H22N2O2S. The van der Waals surface area contributed by atoms with Crippen LogP contribution in [0.15, 0.2) is 30.5 Å². The number of hydrogen-bond donors (Lipinski definition) is 2. The smallest absolute Gasteiger partial charge is 0.232 e. The molecule has 0 saturated heterocycles. The van der Waals surface area contributed by atoms with Crippen LogP contribution in [-0.4, -0.2) is 19.2 Å². The molecule has 3 rings (SSSR count). The summed E-state index contributed by atoms with van der Waals surface area (Å²) in [6.07, 6.45) is 5.03. The van der Waals surface area contributed by atoms with Crippen LogP contribution >= 0.6 is 0 Å². The molecule has 2 aromatic rings. The molecule has 1 fully saturated rings. The number of rotatable bonds is 6. The average Bonchev–Trinajstić information content (AvgIpc) is 3.17. The van der Waals surface area contributed by atoms with E-state index >= 15 is 0 Å². The Morgan fingerprint density at radius 3 is 2.76 bits per heavy atom. The van der Waals surface area contributed by atoms with Gasteiger partial charge in [0, 0.05) is 11.7 Å². The number of fused-ring (bicyclic) bond motifs is 1. The van der Waals surface area contributed by atoms with Gasteiger partial charge in [-0.15, -0.1) is 0 Å². The van der Waals surface area contributed by atoms with E-state index in [2.05, 4.69) is 23.6 Å². The molecule has 0 amide bonds. The summed E-state index contributed by atoms with van der Waals surface area (Å²) in [6.45, 7) is 4.34. The van der Waals surface area contributed by atoms with Crippen molar-refractivity contribution < 1.29 is 8.42 Å². The Morgan fingerprint density at radius 1 is 1.29 bits per heavy atom. The van der Waals surface area contributed by atoms with Crippen LogP contribution in [0.2, 0.25) is 0 Å². The summed E-state index contributed by atoms with van der Waals surface area (Å²) in [6, 6.07) is 7.52. The van der Waals surface area contributed by atoms with Gasteiger partial charge in [0.25, 0.3) is 0 Å². The summed E-state index contributed by atoms with van der Waals surface area (Å²) in [5.41, 5.74) is 1.68. The number of aromatic amines is 1. The molecule has 1 saturated carbocycles. The molecule has 2 N–H and O–H groups in total. The first kappa shape index (κ1) is 14.4. The van der Waals surface area contributed by atoms with Crippen molar-refractivity contribution in [3.8, 4) is 0 Å². The van der Waals surface area contributed by atoms with Crippen LogP contribution in [-0.2, 0) is 10.0 Å². The molecule has 5 heteroatoms. The molecule has 1 aliphatic carbocycles. The maximum Gasteiger partial charge on any atom is 0.232 e. The standard InChI is InChI=1S/C16H22N2O2S/c1-16(2,13-4-5-13)8-10-21(19,20)18-14-6-3-12-7-9-17-15(12)11-14/h3,6-7,9,11,13,17-18H,4-5,8,10H2,1-2H3. The highest BCUT2D eigenvalue weighted by molar-refractivity contribution is 7.92. The third kappa shape index (κ3) is 3.40. The Labute approximate surface area is 126 Å². The Kier molecular flexibility index (Phi) is 3.48. The van der Waals surface area contributed by atoms with E-state index in [-0.39, 0.29) is 11.2 Å². The Hall–Kier alpha value is -1.49. The van der Waals surface area contributed by atoms with Crippen LogP contribution in [0.25, 0.3) is 10.9 Å². The first-order valence-corrected chi connectivity index (χ1v) is 9.09. The largest absolute Gasteiger partial charge is 0.361 e. The van der Waals surface area contributed by atoms with E-state index in [9.17, 15) is 8.42 Å². The van der Waals surface area contributed by atoms with Gasteiger partial charge in [-0.25, -0.2) is 8.42 Å². The first-order chi connectivity index (χ1) is 9.86. The van der Waals surface area contributed by atoms with Gasteiger partial charge in [-0.3, -0.25) is 4.72 Å². The second-order valence-corrected chi connectivity index (χ2v) is 8.56. The number of nitrogens with one attached hydrogen (secondary N) is 2. The summed E-state index contributed by atoms with van der Waals surface area (Å²) in [5.74, 6) is 0.877. The molecule has 0 atom stereocenters. The molecule has 1 aliphatic rings. The second kappa shape index (κ2) is 5.05. The molecule has 0 bridgehead atoms. The molecule has 0 aliphatic heterocycles. The van der Waals surface area contributed by atoms with E-state index in [1.54, 1.807) is 6.07 Å². The lowest BCUT2D eigenvalue weighted by molar-refractivity contribution is 0.298. The quantitative estimate of drug-likeness (QED) is 0.854. The highest BCUT2D eigenvalue weighted by Gasteiger charge is 2.38. The minimum absolute atomic E-state index is 0.123. The molecule has 0 spiro atoms. The predicted molar refractivity (Wildman–Crippen MR) is 86.8 cm³/mol. The van der Waals surface area contributed by atoms with E-state index < -0.39 is 10.0 Å². The highest BCUT2D eigenvalue weighted by Crippen LogP contribution is 2.47. The summed E-state index contributed by atoms with van der Waals surface area (Å²) in [5, 5.41) is 1.08. The molecule has 21 heavy (non-hydrogen) atoms. The molecule has 0 unspecified atom stereocenters. The minimum Gasteiger partial charge on any atom is -0.361 e. The van der Waals surface area contributed by atoms with Gasteiger partial charge in [-0.1, -0.05) is 19.9 Å².